The van der Waals surface area contributed by atoms with E-state index in [2.05, 4.69) is 12.2 Å². The molecule has 0 heterocycles. The van der Waals surface area contributed by atoms with Crippen LogP contribution in [0.3, 0.4) is 0 Å². The van der Waals surface area contributed by atoms with Crippen LogP contribution in [0.1, 0.15) is 39.0 Å². The first-order valence-electron chi connectivity index (χ1n) is 7.69. The maximum Gasteiger partial charge on any atom is 0.244 e. The fraction of sp³-hybridized carbons (Fsp3) is 0.625. The smallest absolute Gasteiger partial charge is 0.244 e. The summed E-state index contributed by atoms with van der Waals surface area (Å²) in [6.07, 6.45) is 5.91. The molecule has 0 aromatic heterocycles. The quantitative estimate of drug-likeness (QED) is 0.868. The van der Waals surface area contributed by atoms with Crippen molar-refractivity contribution in [1.29, 1.82) is 0 Å². The van der Waals surface area contributed by atoms with Crippen molar-refractivity contribution < 1.29 is 8.42 Å². The maximum atomic E-state index is 12.4. The van der Waals surface area contributed by atoms with Crippen molar-refractivity contribution in [1.82, 2.24) is 4.31 Å². The zero-order valence-corrected chi connectivity index (χ0v) is 14.0. The SMILES string of the molecule is CC1CCCC(Nc2ccccc2S(=O)(=O)N(C)C)CC1. The van der Waals surface area contributed by atoms with Gasteiger partial charge in [0.05, 0.1) is 5.69 Å². The third-order valence-electron chi connectivity index (χ3n) is 4.26. The maximum absolute atomic E-state index is 12.4. The fourth-order valence-corrected chi connectivity index (χ4v) is 3.91. The van der Waals surface area contributed by atoms with E-state index >= 15 is 0 Å². The van der Waals surface area contributed by atoms with Crippen LogP contribution in [0.4, 0.5) is 5.69 Å². The highest BCUT2D eigenvalue weighted by Crippen LogP contribution is 2.28. The molecule has 2 unspecified atom stereocenters. The molecule has 4 nitrogen and oxygen atoms in total. The molecule has 1 aliphatic carbocycles. The van der Waals surface area contributed by atoms with Gasteiger partial charge in [0, 0.05) is 20.1 Å². The molecule has 1 N–H and O–H groups in total. The molecule has 2 atom stereocenters. The van der Waals surface area contributed by atoms with E-state index in [0.717, 1.165) is 24.4 Å². The Morgan fingerprint density at radius 1 is 1.10 bits per heavy atom. The molecular formula is C16H26N2O2S. The lowest BCUT2D eigenvalue weighted by Crippen LogP contribution is -2.25. The predicted molar refractivity (Wildman–Crippen MR) is 87.0 cm³/mol. The molecule has 118 valence electrons. The van der Waals surface area contributed by atoms with Crippen LogP contribution in [-0.2, 0) is 10.0 Å². The van der Waals surface area contributed by atoms with Crippen molar-refractivity contribution in [2.75, 3.05) is 19.4 Å². The molecule has 0 bridgehead atoms. The summed E-state index contributed by atoms with van der Waals surface area (Å²) < 4.78 is 26.1. The Labute approximate surface area is 128 Å². The lowest BCUT2D eigenvalue weighted by molar-refractivity contribution is 0.501. The molecule has 1 aromatic carbocycles. The van der Waals surface area contributed by atoms with E-state index < -0.39 is 10.0 Å². The van der Waals surface area contributed by atoms with Crippen LogP contribution in [0.5, 0.6) is 0 Å². The monoisotopic (exact) mass is 310 g/mol. The third-order valence-corrected chi connectivity index (χ3v) is 6.14. The molecule has 21 heavy (non-hydrogen) atoms. The zero-order valence-electron chi connectivity index (χ0n) is 13.2. The number of hydrogen-bond acceptors (Lipinski definition) is 3. The van der Waals surface area contributed by atoms with Crippen LogP contribution in [0.15, 0.2) is 29.2 Å². The van der Waals surface area contributed by atoms with E-state index in [-0.39, 0.29) is 0 Å². The molecule has 0 amide bonds. The normalized spacial score (nSPS) is 23.8. The minimum Gasteiger partial charge on any atom is -0.381 e. The number of nitrogens with one attached hydrogen (secondary N) is 1. The average molecular weight is 310 g/mol. The molecule has 0 radical (unpaired) electrons. The highest BCUT2D eigenvalue weighted by atomic mass is 32.2. The molecule has 0 aliphatic heterocycles. The average Bonchev–Trinajstić information content (AvgIpc) is 2.64. The Bertz CT molecular complexity index is 569. The van der Waals surface area contributed by atoms with Gasteiger partial charge in [0.2, 0.25) is 10.0 Å². The molecular weight excluding hydrogens is 284 g/mol. The van der Waals surface area contributed by atoms with Gasteiger partial charge in [-0.25, -0.2) is 12.7 Å². The van der Waals surface area contributed by atoms with Gasteiger partial charge in [-0.05, 0) is 37.3 Å². The lowest BCUT2D eigenvalue weighted by atomic mass is 10.0. The summed E-state index contributed by atoms with van der Waals surface area (Å²) in [5.41, 5.74) is 0.728. The molecule has 2 rings (SSSR count). The second-order valence-corrected chi connectivity index (χ2v) is 8.36. The topological polar surface area (TPSA) is 49.4 Å². The second-order valence-electron chi connectivity index (χ2n) is 6.24. The van der Waals surface area contributed by atoms with Crippen molar-refractivity contribution in [2.24, 2.45) is 5.92 Å². The van der Waals surface area contributed by atoms with E-state index in [9.17, 15) is 8.42 Å². The molecule has 1 aromatic rings. The zero-order chi connectivity index (χ0) is 15.5. The van der Waals surface area contributed by atoms with Crippen LogP contribution in [0.2, 0.25) is 0 Å². The standard InChI is InChI=1S/C16H26N2O2S/c1-13-7-6-8-14(12-11-13)17-15-9-4-5-10-16(15)21(19,20)18(2)3/h4-5,9-10,13-14,17H,6-8,11-12H2,1-3H3. The van der Waals surface area contributed by atoms with Gasteiger partial charge in [0.15, 0.2) is 0 Å². The van der Waals surface area contributed by atoms with Crippen LogP contribution >= 0.6 is 0 Å². The van der Waals surface area contributed by atoms with E-state index in [0.29, 0.717) is 10.9 Å². The summed E-state index contributed by atoms with van der Waals surface area (Å²) in [4.78, 5) is 0.368. The van der Waals surface area contributed by atoms with E-state index in [1.807, 2.05) is 12.1 Å². The van der Waals surface area contributed by atoms with Crippen molar-refractivity contribution in [3.63, 3.8) is 0 Å². The van der Waals surface area contributed by atoms with Gasteiger partial charge in [0.1, 0.15) is 4.90 Å². The largest absolute Gasteiger partial charge is 0.381 e. The Morgan fingerprint density at radius 2 is 1.81 bits per heavy atom. The molecule has 1 fully saturated rings. The number of nitrogens with zero attached hydrogens (tertiary/aromatic N) is 1. The minimum atomic E-state index is -3.41. The minimum absolute atomic E-state index is 0.368. The van der Waals surface area contributed by atoms with E-state index in [1.54, 1.807) is 26.2 Å². The molecule has 0 spiro atoms. The summed E-state index contributed by atoms with van der Waals surface area (Å²) in [6, 6.07) is 7.57. The Morgan fingerprint density at radius 3 is 2.52 bits per heavy atom. The van der Waals surface area contributed by atoms with E-state index in [4.69, 9.17) is 0 Å². The number of anilines is 1. The van der Waals surface area contributed by atoms with Gasteiger partial charge in [-0.15, -0.1) is 0 Å². The first kappa shape index (κ1) is 16.3. The third kappa shape index (κ3) is 3.98. The Balaban J connectivity index is 2.21. The van der Waals surface area contributed by atoms with Crippen LogP contribution in [0, 0.1) is 5.92 Å². The highest BCUT2D eigenvalue weighted by molar-refractivity contribution is 7.89. The van der Waals surface area contributed by atoms with Gasteiger partial charge in [-0.1, -0.05) is 31.9 Å². The van der Waals surface area contributed by atoms with Crippen molar-refractivity contribution >= 4 is 15.7 Å². The second kappa shape index (κ2) is 6.79. The number of para-hydroxylation sites is 1. The van der Waals surface area contributed by atoms with Crippen molar-refractivity contribution in [2.45, 2.75) is 50.0 Å². The van der Waals surface area contributed by atoms with E-state index in [1.165, 1.54) is 23.6 Å². The van der Waals surface area contributed by atoms with Gasteiger partial charge in [-0.3, -0.25) is 0 Å². The number of sulfonamides is 1. The van der Waals surface area contributed by atoms with Crippen molar-refractivity contribution in [3.8, 4) is 0 Å². The first-order valence-corrected chi connectivity index (χ1v) is 9.13. The van der Waals surface area contributed by atoms with Gasteiger partial charge < -0.3 is 5.32 Å². The van der Waals surface area contributed by atoms with Crippen LogP contribution in [0.25, 0.3) is 0 Å². The Kier molecular flexibility index (Phi) is 5.27. The first-order chi connectivity index (χ1) is 9.91. The van der Waals surface area contributed by atoms with Gasteiger partial charge >= 0.3 is 0 Å². The molecule has 0 saturated heterocycles. The number of hydrogen-bond donors (Lipinski definition) is 1. The van der Waals surface area contributed by atoms with Crippen molar-refractivity contribution in [3.05, 3.63) is 24.3 Å². The molecule has 1 aliphatic rings. The lowest BCUT2D eigenvalue weighted by Gasteiger charge is -2.21. The number of rotatable bonds is 4. The summed E-state index contributed by atoms with van der Waals surface area (Å²) in [7, 11) is -0.270. The summed E-state index contributed by atoms with van der Waals surface area (Å²) >= 11 is 0. The van der Waals surface area contributed by atoms with Gasteiger partial charge in [0.25, 0.3) is 0 Å². The van der Waals surface area contributed by atoms with Gasteiger partial charge in [-0.2, -0.15) is 0 Å². The Hall–Kier alpha value is -1.07. The predicted octanol–water partition coefficient (Wildman–Crippen LogP) is 3.32. The summed E-state index contributed by atoms with van der Waals surface area (Å²) in [5, 5.41) is 3.47. The number of benzene rings is 1. The summed E-state index contributed by atoms with van der Waals surface area (Å²) in [5.74, 6) is 0.776. The molecule has 5 heteroatoms. The van der Waals surface area contributed by atoms with Crippen LogP contribution < -0.4 is 5.32 Å². The molecule has 1 saturated carbocycles. The fourth-order valence-electron chi connectivity index (χ4n) is 2.86. The van der Waals surface area contributed by atoms with Crippen LogP contribution in [-0.4, -0.2) is 32.9 Å². The highest BCUT2D eigenvalue weighted by Gasteiger charge is 2.23. The summed E-state index contributed by atoms with van der Waals surface area (Å²) in [6.45, 7) is 2.30.